The third-order valence-electron chi connectivity index (χ3n) is 3.91. The van der Waals surface area contributed by atoms with Gasteiger partial charge in [-0.1, -0.05) is 17.7 Å². The van der Waals surface area contributed by atoms with Crippen LogP contribution in [0.25, 0.3) is 0 Å². The highest BCUT2D eigenvalue weighted by molar-refractivity contribution is 7.99. The number of ether oxygens (including phenoxy) is 2. The molecule has 1 amide bonds. The summed E-state index contributed by atoms with van der Waals surface area (Å²) in [6.45, 7) is 12.4. The van der Waals surface area contributed by atoms with Gasteiger partial charge >= 0.3 is 12.1 Å². The molecule has 0 spiro atoms. The van der Waals surface area contributed by atoms with E-state index in [1.54, 1.807) is 53.7 Å². The Morgan fingerprint density at radius 1 is 0.970 bits per heavy atom. The number of aryl methyl sites for hydroxylation is 1. The van der Waals surface area contributed by atoms with Gasteiger partial charge < -0.3 is 14.8 Å². The van der Waals surface area contributed by atoms with Crippen molar-refractivity contribution in [2.24, 2.45) is 0 Å². The number of amides is 1. The van der Waals surface area contributed by atoms with Crippen molar-refractivity contribution in [2.45, 2.75) is 83.4 Å². The maximum atomic E-state index is 12.5. The fourth-order valence-corrected chi connectivity index (χ4v) is 4.35. The molecule has 0 radical (unpaired) electrons. The largest absolute Gasteiger partial charge is 0.458 e. The van der Waals surface area contributed by atoms with Gasteiger partial charge in [0.05, 0.1) is 11.5 Å². The van der Waals surface area contributed by atoms with Crippen molar-refractivity contribution in [1.82, 2.24) is 5.32 Å². The van der Waals surface area contributed by atoms with E-state index in [0.29, 0.717) is 24.3 Å². The summed E-state index contributed by atoms with van der Waals surface area (Å²) >= 11 is 1.53. The van der Waals surface area contributed by atoms with Crippen LogP contribution in [0.15, 0.2) is 29.2 Å². The third kappa shape index (κ3) is 12.9. The summed E-state index contributed by atoms with van der Waals surface area (Å²) in [5.74, 6) is 0.669. The first-order valence-corrected chi connectivity index (χ1v) is 13.4. The maximum absolute atomic E-state index is 12.5. The van der Waals surface area contributed by atoms with Gasteiger partial charge in [0.1, 0.15) is 17.2 Å². The van der Waals surface area contributed by atoms with Crippen molar-refractivity contribution in [2.75, 3.05) is 18.1 Å². The van der Waals surface area contributed by atoms with Crippen LogP contribution in [0.4, 0.5) is 4.79 Å². The van der Waals surface area contributed by atoms with Crippen molar-refractivity contribution in [1.29, 1.82) is 0 Å². The van der Waals surface area contributed by atoms with E-state index in [0.717, 1.165) is 5.56 Å². The molecule has 0 bridgehead atoms. The van der Waals surface area contributed by atoms with Crippen LogP contribution in [0.3, 0.4) is 0 Å². The van der Waals surface area contributed by atoms with E-state index in [-0.39, 0.29) is 11.5 Å². The molecule has 0 fully saturated rings. The second-order valence-corrected chi connectivity index (χ2v) is 12.4. The van der Waals surface area contributed by atoms with Gasteiger partial charge in [-0.2, -0.15) is 20.2 Å². The molecule has 0 aliphatic heterocycles. The van der Waals surface area contributed by atoms with E-state index in [2.05, 4.69) is 5.32 Å². The lowest BCUT2D eigenvalue weighted by molar-refractivity contribution is -0.157. The summed E-state index contributed by atoms with van der Waals surface area (Å²) < 4.78 is 40.1. The molecule has 0 heterocycles. The molecule has 0 saturated carbocycles. The fourth-order valence-electron chi connectivity index (χ4n) is 2.48. The topological polar surface area (TPSA) is 108 Å². The second-order valence-electron chi connectivity index (χ2n) is 9.58. The van der Waals surface area contributed by atoms with Gasteiger partial charge in [-0.25, -0.2) is 9.59 Å². The molecule has 1 aromatic rings. The number of benzene rings is 1. The van der Waals surface area contributed by atoms with E-state index >= 15 is 0 Å². The number of rotatable bonds is 11. The summed E-state index contributed by atoms with van der Waals surface area (Å²) in [6.07, 6.45) is 0.186. The van der Waals surface area contributed by atoms with Crippen LogP contribution in [0.5, 0.6) is 0 Å². The fraction of sp³-hybridized carbons (Fsp3) is 0.652. The van der Waals surface area contributed by atoms with Crippen molar-refractivity contribution in [3.8, 4) is 0 Å². The number of carbonyl (C=O) groups is 2. The van der Waals surface area contributed by atoms with Gasteiger partial charge in [-0.15, -0.1) is 0 Å². The van der Waals surface area contributed by atoms with Crippen molar-refractivity contribution < 1.29 is 31.7 Å². The summed E-state index contributed by atoms with van der Waals surface area (Å²) in [7, 11) is -3.77. The number of hydrogen-bond acceptors (Lipinski definition) is 8. The highest BCUT2D eigenvalue weighted by atomic mass is 32.2. The van der Waals surface area contributed by atoms with Gasteiger partial charge in [-0.05, 0) is 84.9 Å². The Morgan fingerprint density at radius 3 is 2.09 bits per heavy atom. The molecule has 1 atom stereocenters. The monoisotopic (exact) mass is 503 g/mol. The van der Waals surface area contributed by atoms with E-state index in [1.807, 2.05) is 6.92 Å². The van der Waals surface area contributed by atoms with Crippen molar-refractivity contribution >= 4 is 33.9 Å². The van der Waals surface area contributed by atoms with E-state index in [9.17, 15) is 18.0 Å². The number of thioether (sulfide) groups is 1. The maximum Gasteiger partial charge on any atom is 0.408 e. The average Bonchev–Trinajstić information content (AvgIpc) is 2.63. The van der Waals surface area contributed by atoms with Gasteiger partial charge in [0, 0.05) is 0 Å². The lowest BCUT2D eigenvalue weighted by Gasteiger charge is -2.26. The highest BCUT2D eigenvalue weighted by Crippen LogP contribution is 2.16. The molecule has 1 aromatic carbocycles. The number of carbonyl (C=O) groups excluding carboxylic acids is 2. The van der Waals surface area contributed by atoms with Crippen LogP contribution in [0, 0.1) is 6.92 Å². The minimum atomic E-state index is -3.77. The van der Waals surface area contributed by atoms with Crippen LogP contribution < -0.4 is 5.32 Å². The number of hydrogen-bond donors (Lipinski definition) is 1. The molecular weight excluding hydrogens is 466 g/mol. The third-order valence-corrected chi connectivity index (χ3v) is 6.34. The lowest BCUT2D eigenvalue weighted by atomic mass is 10.1. The molecule has 1 rings (SSSR count). The molecule has 0 aliphatic rings. The van der Waals surface area contributed by atoms with Gasteiger partial charge in [-0.3, -0.25) is 4.18 Å². The van der Waals surface area contributed by atoms with Crippen LogP contribution in [0.1, 0.15) is 59.9 Å². The molecule has 0 aromatic heterocycles. The summed E-state index contributed by atoms with van der Waals surface area (Å²) in [5.41, 5.74) is -0.398. The zero-order valence-electron chi connectivity index (χ0n) is 20.6. The number of nitrogens with one attached hydrogen (secondary N) is 1. The Kier molecular flexibility index (Phi) is 11.2. The molecule has 0 aliphatic carbocycles. The first kappa shape index (κ1) is 29.3. The van der Waals surface area contributed by atoms with Gasteiger partial charge in [0.25, 0.3) is 10.1 Å². The normalized spacial score (nSPS) is 13.3. The quantitative estimate of drug-likeness (QED) is 0.268. The Labute approximate surface area is 202 Å². The minimum Gasteiger partial charge on any atom is -0.458 e. The van der Waals surface area contributed by atoms with Crippen LogP contribution in [-0.2, 0) is 28.6 Å². The van der Waals surface area contributed by atoms with Gasteiger partial charge in [0.2, 0.25) is 0 Å². The Balaban J connectivity index is 2.46. The summed E-state index contributed by atoms with van der Waals surface area (Å²) in [4.78, 5) is 24.8. The molecule has 8 nitrogen and oxygen atoms in total. The van der Waals surface area contributed by atoms with Crippen molar-refractivity contribution in [3.63, 3.8) is 0 Å². The van der Waals surface area contributed by atoms with E-state index in [4.69, 9.17) is 13.7 Å². The second kappa shape index (κ2) is 12.6. The predicted octanol–water partition coefficient (Wildman–Crippen LogP) is 4.45. The number of alkyl carbamates (subject to hydrolysis) is 1. The summed E-state index contributed by atoms with van der Waals surface area (Å²) in [5, 5.41) is 2.59. The van der Waals surface area contributed by atoms with E-state index < -0.39 is 39.4 Å². The SMILES string of the molecule is Cc1ccc(S(=O)(=O)OCCCSCC[C@@H](NC(=O)OC(C)(C)C)C(=O)OC(C)(C)C)cc1. The number of esters is 1. The van der Waals surface area contributed by atoms with Crippen LogP contribution in [-0.4, -0.2) is 55.8 Å². The molecule has 33 heavy (non-hydrogen) atoms. The molecule has 1 N–H and O–H groups in total. The Hall–Kier alpha value is -1.78. The molecule has 188 valence electrons. The standard InChI is InChI=1S/C23H37NO7S2/c1-17-9-11-18(12-10-17)33(27,28)29-14-8-15-32-16-13-19(20(25)30-22(2,3)4)24-21(26)31-23(5,6)7/h9-12,19H,8,13-16H2,1-7H3,(H,24,26)/t19-/m1/s1. The van der Waals surface area contributed by atoms with E-state index in [1.165, 1.54) is 23.9 Å². The zero-order chi connectivity index (χ0) is 25.3. The first-order chi connectivity index (χ1) is 15.1. The lowest BCUT2D eigenvalue weighted by Crippen LogP contribution is -2.46. The molecule has 10 heteroatoms. The molecule has 0 saturated heterocycles. The van der Waals surface area contributed by atoms with Crippen LogP contribution >= 0.6 is 11.8 Å². The first-order valence-electron chi connectivity index (χ1n) is 10.9. The Morgan fingerprint density at radius 2 is 1.55 bits per heavy atom. The smallest absolute Gasteiger partial charge is 0.408 e. The van der Waals surface area contributed by atoms with Crippen LogP contribution in [0.2, 0.25) is 0 Å². The Bertz CT molecular complexity index is 870. The zero-order valence-corrected chi connectivity index (χ0v) is 22.2. The predicted molar refractivity (Wildman–Crippen MR) is 130 cm³/mol. The molecular formula is C23H37NO7S2. The van der Waals surface area contributed by atoms with Gasteiger partial charge in [0.15, 0.2) is 0 Å². The minimum absolute atomic E-state index is 0.0643. The average molecular weight is 504 g/mol. The highest BCUT2D eigenvalue weighted by Gasteiger charge is 2.28. The molecule has 0 unspecified atom stereocenters. The van der Waals surface area contributed by atoms with Crippen molar-refractivity contribution in [3.05, 3.63) is 29.8 Å². The summed E-state index contributed by atoms with van der Waals surface area (Å²) in [6, 6.07) is 5.64.